The minimum atomic E-state index is -0.608. The van der Waals surface area contributed by atoms with Crippen LogP contribution >= 0.6 is 0 Å². The van der Waals surface area contributed by atoms with Crippen molar-refractivity contribution in [2.24, 2.45) is 0 Å². The first kappa shape index (κ1) is 25.9. The Bertz CT molecular complexity index is 273. The predicted octanol–water partition coefficient (Wildman–Crippen LogP) is 5.92. The molecule has 0 fully saturated rings. The summed E-state index contributed by atoms with van der Waals surface area (Å²) in [6.45, 7) is 4.92. The summed E-state index contributed by atoms with van der Waals surface area (Å²) in [7, 11) is 2.04. The van der Waals surface area contributed by atoms with Crippen LogP contribution in [0.15, 0.2) is 0 Å². The molecule has 0 saturated heterocycles. The second-order valence-corrected chi connectivity index (χ2v) is 8.36. The Balaban J connectivity index is 3.24. The van der Waals surface area contributed by atoms with E-state index in [1.807, 2.05) is 7.05 Å². The van der Waals surface area contributed by atoms with Crippen LogP contribution in [0, 0.1) is 0 Å². The predicted molar refractivity (Wildman–Crippen MR) is 115 cm³/mol. The third-order valence-corrected chi connectivity index (χ3v) is 5.69. The molecule has 0 saturated carbocycles. The van der Waals surface area contributed by atoms with Crippen molar-refractivity contribution in [3.8, 4) is 0 Å². The van der Waals surface area contributed by atoms with Gasteiger partial charge in [0.2, 0.25) is 0 Å². The normalized spacial score (nSPS) is 14.1. The summed E-state index contributed by atoms with van der Waals surface area (Å²) in [5, 5.41) is 18.4. The van der Waals surface area contributed by atoms with Gasteiger partial charge in [0.05, 0.1) is 12.7 Å². The molecule has 0 aliphatic heterocycles. The second kappa shape index (κ2) is 19.6. The summed E-state index contributed by atoms with van der Waals surface area (Å²) in [4.78, 5) is 2.16. The molecule has 0 aromatic heterocycles. The zero-order chi connectivity index (χ0) is 19.5. The Hall–Kier alpha value is -0.120. The van der Waals surface area contributed by atoms with Crippen LogP contribution in [0.4, 0.5) is 0 Å². The van der Waals surface area contributed by atoms with E-state index < -0.39 is 6.10 Å². The van der Waals surface area contributed by atoms with Crippen LogP contribution in [0.5, 0.6) is 0 Å². The lowest BCUT2D eigenvalue weighted by molar-refractivity contribution is 0.0552. The Morgan fingerprint density at radius 3 is 1.46 bits per heavy atom. The molecular formula is C23H49NO2. The highest BCUT2D eigenvalue weighted by Crippen LogP contribution is 2.14. The highest BCUT2D eigenvalue weighted by Gasteiger charge is 2.12. The van der Waals surface area contributed by atoms with Crippen LogP contribution in [0.25, 0.3) is 0 Å². The molecule has 0 heterocycles. The molecule has 26 heavy (non-hydrogen) atoms. The summed E-state index contributed by atoms with van der Waals surface area (Å²) >= 11 is 0. The zero-order valence-corrected chi connectivity index (χ0v) is 18.2. The maximum Gasteiger partial charge on any atom is 0.0897 e. The van der Waals surface area contributed by atoms with Gasteiger partial charge in [0.15, 0.2) is 0 Å². The molecule has 0 aliphatic rings. The Morgan fingerprint density at radius 2 is 1.08 bits per heavy atom. The number of nitrogens with zero attached hydrogens (tertiary/aromatic N) is 1. The van der Waals surface area contributed by atoms with E-state index in [2.05, 4.69) is 18.7 Å². The number of aliphatic hydroxyl groups excluding tert-OH is 2. The molecular weight excluding hydrogens is 322 g/mol. The van der Waals surface area contributed by atoms with Crippen molar-refractivity contribution in [3.05, 3.63) is 0 Å². The summed E-state index contributed by atoms with van der Waals surface area (Å²) in [6.07, 6.45) is 21.7. The molecule has 3 nitrogen and oxygen atoms in total. The first-order valence-electron chi connectivity index (χ1n) is 11.6. The minimum Gasteiger partial charge on any atom is -0.394 e. The van der Waals surface area contributed by atoms with Gasteiger partial charge in [-0.1, -0.05) is 103 Å². The lowest BCUT2D eigenvalue weighted by Gasteiger charge is -2.26. The number of hydrogen-bond donors (Lipinski definition) is 2. The lowest BCUT2D eigenvalue weighted by Crippen LogP contribution is -2.37. The monoisotopic (exact) mass is 371 g/mol. The van der Waals surface area contributed by atoms with Crippen molar-refractivity contribution < 1.29 is 10.2 Å². The highest BCUT2D eigenvalue weighted by molar-refractivity contribution is 4.67. The van der Waals surface area contributed by atoms with Crippen molar-refractivity contribution in [1.29, 1.82) is 0 Å². The topological polar surface area (TPSA) is 43.7 Å². The molecule has 0 bridgehead atoms. The largest absolute Gasteiger partial charge is 0.394 e. The van der Waals surface area contributed by atoms with Crippen LogP contribution in [-0.4, -0.2) is 47.5 Å². The Kier molecular flexibility index (Phi) is 19.5. The van der Waals surface area contributed by atoms with Crippen molar-refractivity contribution in [2.45, 2.75) is 129 Å². The van der Waals surface area contributed by atoms with Gasteiger partial charge in [-0.25, -0.2) is 0 Å². The third kappa shape index (κ3) is 17.3. The molecule has 0 aromatic carbocycles. The van der Waals surface area contributed by atoms with Crippen molar-refractivity contribution >= 4 is 0 Å². The average Bonchev–Trinajstić information content (AvgIpc) is 2.64. The molecule has 0 aliphatic carbocycles. The number of rotatable bonds is 20. The van der Waals surface area contributed by atoms with Gasteiger partial charge >= 0.3 is 0 Å². The Labute approximate surface area is 164 Å². The molecule has 158 valence electrons. The zero-order valence-electron chi connectivity index (χ0n) is 18.2. The van der Waals surface area contributed by atoms with E-state index in [1.165, 1.54) is 103 Å². The van der Waals surface area contributed by atoms with Gasteiger partial charge in [0.25, 0.3) is 0 Å². The highest BCUT2D eigenvalue weighted by atomic mass is 16.3. The molecule has 0 rings (SSSR count). The Morgan fingerprint density at radius 1 is 0.692 bits per heavy atom. The van der Waals surface area contributed by atoms with E-state index in [-0.39, 0.29) is 6.61 Å². The van der Waals surface area contributed by atoms with Gasteiger partial charge in [0.1, 0.15) is 0 Å². The first-order chi connectivity index (χ1) is 12.6. The fourth-order valence-electron chi connectivity index (χ4n) is 3.60. The molecule has 0 spiro atoms. The number of hydrogen-bond acceptors (Lipinski definition) is 3. The quantitative estimate of drug-likeness (QED) is 0.261. The van der Waals surface area contributed by atoms with E-state index in [1.54, 1.807) is 0 Å². The first-order valence-corrected chi connectivity index (χ1v) is 11.6. The van der Waals surface area contributed by atoms with Crippen molar-refractivity contribution in [3.63, 3.8) is 0 Å². The SMILES string of the molecule is CCCCCCCCCCCCCCCCCC(C)N(C)CC(O)CO. The molecule has 3 heteroatoms. The fourth-order valence-corrected chi connectivity index (χ4v) is 3.60. The van der Waals surface area contributed by atoms with Crippen LogP contribution < -0.4 is 0 Å². The molecule has 0 aromatic rings. The van der Waals surface area contributed by atoms with E-state index in [0.29, 0.717) is 12.6 Å². The second-order valence-electron chi connectivity index (χ2n) is 8.36. The fraction of sp³-hybridized carbons (Fsp3) is 1.00. The third-order valence-electron chi connectivity index (χ3n) is 5.69. The van der Waals surface area contributed by atoms with Crippen LogP contribution in [-0.2, 0) is 0 Å². The number of unbranched alkanes of at least 4 members (excludes halogenated alkanes) is 14. The van der Waals surface area contributed by atoms with Crippen molar-refractivity contribution in [2.75, 3.05) is 20.2 Å². The molecule has 0 radical (unpaired) electrons. The number of aliphatic hydroxyl groups is 2. The van der Waals surface area contributed by atoms with Gasteiger partial charge in [-0.2, -0.15) is 0 Å². The average molecular weight is 372 g/mol. The van der Waals surface area contributed by atoms with E-state index >= 15 is 0 Å². The smallest absolute Gasteiger partial charge is 0.0897 e. The molecule has 2 atom stereocenters. The van der Waals surface area contributed by atoms with E-state index in [9.17, 15) is 5.11 Å². The minimum absolute atomic E-state index is 0.143. The number of likely N-dealkylation sites (N-methyl/N-ethyl adjacent to an activating group) is 1. The van der Waals surface area contributed by atoms with Gasteiger partial charge in [-0.15, -0.1) is 0 Å². The van der Waals surface area contributed by atoms with Gasteiger partial charge in [-0.05, 0) is 20.4 Å². The summed E-state index contributed by atoms with van der Waals surface area (Å²) < 4.78 is 0. The molecule has 2 N–H and O–H groups in total. The van der Waals surface area contributed by atoms with Gasteiger partial charge < -0.3 is 15.1 Å². The summed E-state index contributed by atoms with van der Waals surface area (Å²) in [5.41, 5.74) is 0. The summed E-state index contributed by atoms with van der Waals surface area (Å²) in [5.74, 6) is 0. The van der Waals surface area contributed by atoms with E-state index in [0.717, 1.165) is 0 Å². The van der Waals surface area contributed by atoms with Crippen LogP contribution in [0.3, 0.4) is 0 Å². The van der Waals surface area contributed by atoms with Crippen LogP contribution in [0.2, 0.25) is 0 Å². The lowest BCUT2D eigenvalue weighted by atomic mass is 10.0. The standard InChI is InChI=1S/C23H49NO2/c1-4-5-6-7-8-9-10-11-12-13-14-15-16-17-18-19-22(2)24(3)20-23(26)21-25/h22-23,25-26H,4-21H2,1-3H3. The van der Waals surface area contributed by atoms with Crippen molar-refractivity contribution in [1.82, 2.24) is 4.90 Å². The van der Waals surface area contributed by atoms with E-state index in [4.69, 9.17) is 5.11 Å². The summed E-state index contributed by atoms with van der Waals surface area (Å²) in [6, 6.07) is 0.484. The maximum atomic E-state index is 9.49. The van der Waals surface area contributed by atoms with Crippen LogP contribution in [0.1, 0.15) is 117 Å². The maximum absolute atomic E-state index is 9.49. The molecule has 0 amide bonds. The van der Waals surface area contributed by atoms with Gasteiger partial charge in [0, 0.05) is 12.6 Å². The molecule has 2 unspecified atom stereocenters. The van der Waals surface area contributed by atoms with Gasteiger partial charge in [-0.3, -0.25) is 0 Å².